The zero-order chi connectivity index (χ0) is 16.8. The molecule has 0 radical (unpaired) electrons. The number of halogens is 1. The van der Waals surface area contributed by atoms with Crippen LogP contribution in [0.25, 0.3) is 0 Å². The molecule has 0 aliphatic heterocycles. The van der Waals surface area contributed by atoms with E-state index in [0.29, 0.717) is 23.0 Å². The predicted molar refractivity (Wildman–Crippen MR) is 91.0 cm³/mol. The van der Waals surface area contributed by atoms with Crippen molar-refractivity contribution in [1.29, 1.82) is 0 Å². The maximum Gasteiger partial charge on any atom is 0.223 e. The summed E-state index contributed by atoms with van der Waals surface area (Å²) in [6.07, 6.45) is 4.69. The summed E-state index contributed by atoms with van der Waals surface area (Å²) >= 11 is 6.03. The third-order valence-corrected chi connectivity index (χ3v) is 4.33. The third kappa shape index (κ3) is 4.86. The topological polar surface area (TPSA) is 58.6 Å². The van der Waals surface area contributed by atoms with Crippen LogP contribution in [0.2, 0.25) is 5.02 Å². The zero-order valence-electron chi connectivity index (χ0n) is 13.6. The second-order valence-electron chi connectivity index (χ2n) is 5.79. The summed E-state index contributed by atoms with van der Waals surface area (Å²) in [7, 11) is 1.54. The van der Waals surface area contributed by atoms with Crippen molar-refractivity contribution in [3.63, 3.8) is 0 Å². The van der Waals surface area contributed by atoms with Gasteiger partial charge in [-0.1, -0.05) is 24.4 Å². The SMILES string of the molecule is COc1ccc(Cl)cc1N(CCC(=O)NC1CCCC1)C(C)=O. The van der Waals surface area contributed by atoms with Gasteiger partial charge in [0.2, 0.25) is 11.8 Å². The second kappa shape index (κ2) is 8.20. The van der Waals surface area contributed by atoms with Gasteiger partial charge < -0.3 is 15.0 Å². The van der Waals surface area contributed by atoms with Gasteiger partial charge in [0.1, 0.15) is 5.75 Å². The van der Waals surface area contributed by atoms with Crippen molar-refractivity contribution in [3.05, 3.63) is 23.2 Å². The number of anilines is 1. The summed E-state index contributed by atoms with van der Waals surface area (Å²) in [6, 6.07) is 5.38. The summed E-state index contributed by atoms with van der Waals surface area (Å²) in [6.45, 7) is 1.76. The Morgan fingerprint density at radius 2 is 2.04 bits per heavy atom. The molecule has 0 saturated heterocycles. The highest BCUT2D eigenvalue weighted by Crippen LogP contribution is 2.31. The molecule has 1 saturated carbocycles. The number of amides is 2. The van der Waals surface area contributed by atoms with E-state index in [-0.39, 0.29) is 24.3 Å². The normalized spacial score (nSPS) is 14.6. The first-order valence-electron chi connectivity index (χ1n) is 7.92. The van der Waals surface area contributed by atoms with Crippen molar-refractivity contribution >= 4 is 29.1 Å². The molecule has 2 rings (SSSR count). The molecule has 0 aromatic heterocycles. The van der Waals surface area contributed by atoms with Crippen LogP contribution < -0.4 is 15.0 Å². The number of hydrogen-bond donors (Lipinski definition) is 1. The summed E-state index contributed by atoms with van der Waals surface area (Å²) in [4.78, 5) is 25.6. The van der Waals surface area contributed by atoms with E-state index in [1.165, 1.54) is 31.8 Å². The van der Waals surface area contributed by atoms with Gasteiger partial charge in [0.15, 0.2) is 0 Å². The van der Waals surface area contributed by atoms with E-state index in [2.05, 4.69) is 5.32 Å². The summed E-state index contributed by atoms with van der Waals surface area (Å²) in [5.74, 6) is 0.379. The first-order valence-corrected chi connectivity index (χ1v) is 8.30. The van der Waals surface area contributed by atoms with Crippen molar-refractivity contribution in [3.8, 4) is 5.75 Å². The Kier molecular flexibility index (Phi) is 6.28. The molecule has 0 unspecified atom stereocenters. The number of hydrogen-bond acceptors (Lipinski definition) is 3. The Bertz CT molecular complexity index is 571. The number of benzene rings is 1. The molecule has 2 amide bonds. The Morgan fingerprint density at radius 3 is 2.65 bits per heavy atom. The minimum atomic E-state index is -0.153. The molecule has 5 nitrogen and oxygen atoms in total. The molecule has 1 fully saturated rings. The lowest BCUT2D eigenvalue weighted by molar-refractivity contribution is -0.121. The average Bonchev–Trinajstić information content (AvgIpc) is 3.00. The number of carbonyl (C=O) groups excluding carboxylic acids is 2. The second-order valence-corrected chi connectivity index (χ2v) is 6.22. The lowest BCUT2D eigenvalue weighted by Crippen LogP contribution is -2.37. The van der Waals surface area contributed by atoms with Crippen LogP contribution in [0.3, 0.4) is 0 Å². The molecule has 23 heavy (non-hydrogen) atoms. The van der Waals surface area contributed by atoms with E-state index in [1.54, 1.807) is 18.2 Å². The number of ether oxygens (including phenoxy) is 1. The average molecular weight is 339 g/mol. The van der Waals surface area contributed by atoms with Gasteiger partial charge in [-0.2, -0.15) is 0 Å². The Balaban J connectivity index is 2.02. The quantitative estimate of drug-likeness (QED) is 0.866. The smallest absolute Gasteiger partial charge is 0.223 e. The molecule has 6 heteroatoms. The summed E-state index contributed by atoms with van der Waals surface area (Å²) in [5.41, 5.74) is 0.584. The number of carbonyl (C=O) groups is 2. The van der Waals surface area contributed by atoms with Crippen molar-refractivity contribution in [2.45, 2.75) is 45.1 Å². The first kappa shape index (κ1) is 17.6. The largest absolute Gasteiger partial charge is 0.495 e. The standard InChI is InChI=1S/C17H23ClN2O3/c1-12(21)20(15-11-13(18)7-8-16(15)23-2)10-9-17(22)19-14-5-3-4-6-14/h7-8,11,14H,3-6,9-10H2,1-2H3,(H,19,22). The molecule has 0 heterocycles. The molecule has 1 aromatic carbocycles. The lowest BCUT2D eigenvalue weighted by atomic mass is 10.2. The van der Waals surface area contributed by atoms with Crippen molar-refractivity contribution < 1.29 is 14.3 Å². The first-order chi connectivity index (χ1) is 11.0. The fourth-order valence-electron chi connectivity index (χ4n) is 2.90. The maximum atomic E-state index is 12.1. The van der Waals surface area contributed by atoms with Crippen LogP contribution in [0.4, 0.5) is 5.69 Å². The molecule has 0 spiro atoms. The minimum Gasteiger partial charge on any atom is -0.495 e. The maximum absolute atomic E-state index is 12.1. The van der Waals surface area contributed by atoms with E-state index in [0.717, 1.165) is 12.8 Å². The van der Waals surface area contributed by atoms with Crippen molar-refractivity contribution in [1.82, 2.24) is 5.32 Å². The van der Waals surface area contributed by atoms with Crippen molar-refractivity contribution in [2.75, 3.05) is 18.6 Å². The number of nitrogens with one attached hydrogen (secondary N) is 1. The van der Waals surface area contributed by atoms with Gasteiger partial charge in [-0.05, 0) is 31.0 Å². The molecule has 1 N–H and O–H groups in total. The Hall–Kier alpha value is -1.75. The van der Waals surface area contributed by atoms with Gasteiger partial charge in [0, 0.05) is 31.0 Å². The van der Waals surface area contributed by atoms with Gasteiger partial charge in [-0.25, -0.2) is 0 Å². The van der Waals surface area contributed by atoms with Crippen LogP contribution in [-0.4, -0.2) is 31.5 Å². The van der Waals surface area contributed by atoms with Crippen LogP contribution in [0.5, 0.6) is 5.75 Å². The monoisotopic (exact) mass is 338 g/mol. The van der Waals surface area contributed by atoms with E-state index < -0.39 is 0 Å². The fraction of sp³-hybridized carbons (Fsp3) is 0.529. The number of methoxy groups -OCH3 is 1. The van der Waals surface area contributed by atoms with Crippen LogP contribution in [0.1, 0.15) is 39.0 Å². The number of nitrogens with zero attached hydrogens (tertiary/aromatic N) is 1. The zero-order valence-corrected chi connectivity index (χ0v) is 14.4. The van der Waals surface area contributed by atoms with Crippen LogP contribution in [0.15, 0.2) is 18.2 Å². The highest BCUT2D eigenvalue weighted by atomic mass is 35.5. The highest BCUT2D eigenvalue weighted by Gasteiger charge is 2.20. The molecule has 1 aromatic rings. The van der Waals surface area contributed by atoms with E-state index in [4.69, 9.17) is 16.3 Å². The molecule has 1 aliphatic carbocycles. The lowest BCUT2D eigenvalue weighted by Gasteiger charge is -2.23. The summed E-state index contributed by atoms with van der Waals surface area (Å²) < 4.78 is 5.29. The Labute approximate surface area is 141 Å². The third-order valence-electron chi connectivity index (χ3n) is 4.09. The van der Waals surface area contributed by atoms with E-state index in [1.807, 2.05) is 0 Å². The summed E-state index contributed by atoms with van der Waals surface area (Å²) in [5, 5.41) is 3.55. The van der Waals surface area contributed by atoms with Gasteiger partial charge >= 0.3 is 0 Å². The van der Waals surface area contributed by atoms with Crippen LogP contribution >= 0.6 is 11.6 Å². The van der Waals surface area contributed by atoms with Gasteiger partial charge in [0.25, 0.3) is 0 Å². The van der Waals surface area contributed by atoms with Gasteiger partial charge in [-0.3, -0.25) is 9.59 Å². The van der Waals surface area contributed by atoms with Crippen LogP contribution in [-0.2, 0) is 9.59 Å². The van der Waals surface area contributed by atoms with Gasteiger partial charge in [-0.15, -0.1) is 0 Å². The molecule has 1 aliphatic rings. The Morgan fingerprint density at radius 1 is 1.35 bits per heavy atom. The van der Waals surface area contributed by atoms with Crippen molar-refractivity contribution in [2.24, 2.45) is 0 Å². The van der Waals surface area contributed by atoms with Gasteiger partial charge in [0.05, 0.1) is 12.8 Å². The fourth-order valence-corrected chi connectivity index (χ4v) is 3.07. The molecule has 126 valence electrons. The van der Waals surface area contributed by atoms with E-state index in [9.17, 15) is 9.59 Å². The van der Waals surface area contributed by atoms with Crippen LogP contribution in [0, 0.1) is 0 Å². The molecule has 0 bridgehead atoms. The molecular weight excluding hydrogens is 316 g/mol. The van der Waals surface area contributed by atoms with E-state index >= 15 is 0 Å². The molecular formula is C17H23ClN2O3. The highest BCUT2D eigenvalue weighted by molar-refractivity contribution is 6.31. The molecule has 0 atom stereocenters. The number of rotatable bonds is 6. The predicted octanol–water partition coefficient (Wildman–Crippen LogP) is 3.15. The minimum absolute atomic E-state index is 0.0239.